The Kier molecular flexibility index (Phi) is 6.80. The van der Waals surface area contributed by atoms with Gasteiger partial charge in [-0.2, -0.15) is 0 Å². The van der Waals surface area contributed by atoms with Gasteiger partial charge in [0.05, 0.1) is 13.2 Å². The van der Waals surface area contributed by atoms with Crippen LogP contribution in [0.3, 0.4) is 0 Å². The second kappa shape index (κ2) is 8.62. The van der Waals surface area contributed by atoms with Gasteiger partial charge in [0, 0.05) is 37.1 Å². The molecule has 1 aromatic rings. The van der Waals surface area contributed by atoms with Crippen LogP contribution in [0.1, 0.15) is 26.7 Å². The number of nitrogens with two attached hydrogens (primary N) is 1. The topological polar surface area (TPSA) is 64.8 Å². The molecule has 0 fully saturated rings. The quantitative estimate of drug-likeness (QED) is 0.765. The minimum absolute atomic E-state index is 0.0497. The zero-order valence-electron chi connectivity index (χ0n) is 14.8. The van der Waals surface area contributed by atoms with Crippen molar-refractivity contribution in [3.63, 3.8) is 0 Å². The zero-order chi connectivity index (χ0) is 17.6. The number of nitrogens with zero attached hydrogens (tertiary/aromatic N) is 1. The number of fused-ring (bicyclic) bond motifs is 1. The SMILES string of the molecule is CN(CC(C)(C)CN)C(=O)CCSc1ccc2c(c1)OCCCO2. The van der Waals surface area contributed by atoms with Crippen molar-refractivity contribution in [2.75, 3.05) is 39.1 Å². The van der Waals surface area contributed by atoms with Crippen LogP contribution < -0.4 is 15.2 Å². The predicted octanol–water partition coefficient (Wildman–Crippen LogP) is 2.77. The molecular weight excluding hydrogens is 324 g/mol. The van der Waals surface area contributed by atoms with E-state index in [-0.39, 0.29) is 11.3 Å². The lowest BCUT2D eigenvalue weighted by atomic mass is 9.93. The number of carbonyl (C=O) groups is 1. The number of hydrogen-bond acceptors (Lipinski definition) is 5. The summed E-state index contributed by atoms with van der Waals surface area (Å²) in [7, 11) is 1.85. The summed E-state index contributed by atoms with van der Waals surface area (Å²) >= 11 is 1.66. The molecule has 1 heterocycles. The predicted molar refractivity (Wildman–Crippen MR) is 97.9 cm³/mol. The van der Waals surface area contributed by atoms with Gasteiger partial charge in [-0.05, 0) is 30.2 Å². The summed E-state index contributed by atoms with van der Waals surface area (Å²) in [5.41, 5.74) is 5.68. The van der Waals surface area contributed by atoms with Crippen LogP contribution in [0.25, 0.3) is 0 Å². The summed E-state index contributed by atoms with van der Waals surface area (Å²) < 4.78 is 11.3. The van der Waals surface area contributed by atoms with Crippen molar-refractivity contribution in [1.29, 1.82) is 0 Å². The Labute approximate surface area is 148 Å². The van der Waals surface area contributed by atoms with E-state index in [0.29, 0.717) is 32.7 Å². The Hall–Kier alpha value is -1.40. The van der Waals surface area contributed by atoms with Gasteiger partial charge in [-0.15, -0.1) is 11.8 Å². The van der Waals surface area contributed by atoms with Crippen LogP contribution in [0.5, 0.6) is 11.5 Å². The van der Waals surface area contributed by atoms with Gasteiger partial charge >= 0.3 is 0 Å². The Balaban J connectivity index is 1.81. The molecule has 24 heavy (non-hydrogen) atoms. The Bertz CT molecular complexity index is 563. The molecule has 6 heteroatoms. The van der Waals surface area contributed by atoms with E-state index in [9.17, 15) is 4.79 Å². The lowest BCUT2D eigenvalue weighted by molar-refractivity contribution is -0.130. The highest BCUT2D eigenvalue weighted by molar-refractivity contribution is 7.99. The third-order valence-electron chi connectivity index (χ3n) is 3.95. The highest BCUT2D eigenvalue weighted by atomic mass is 32.2. The molecule has 1 amide bonds. The summed E-state index contributed by atoms with van der Waals surface area (Å²) in [4.78, 5) is 15.1. The molecule has 0 saturated heterocycles. The van der Waals surface area contributed by atoms with Crippen molar-refractivity contribution in [3.05, 3.63) is 18.2 Å². The minimum atomic E-state index is -0.0497. The monoisotopic (exact) mass is 352 g/mol. The summed E-state index contributed by atoms with van der Waals surface area (Å²) in [6.45, 7) is 6.76. The second-order valence-corrected chi connectivity index (χ2v) is 8.04. The van der Waals surface area contributed by atoms with Gasteiger partial charge in [0.1, 0.15) is 0 Å². The van der Waals surface area contributed by atoms with Crippen molar-refractivity contribution < 1.29 is 14.3 Å². The first-order chi connectivity index (χ1) is 11.4. The number of thioether (sulfide) groups is 1. The number of amides is 1. The van der Waals surface area contributed by atoms with Gasteiger partial charge in [-0.25, -0.2) is 0 Å². The zero-order valence-corrected chi connectivity index (χ0v) is 15.7. The summed E-state index contributed by atoms with van der Waals surface area (Å²) in [5, 5.41) is 0. The largest absolute Gasteiger partial charge is 0.490 e. The normalized spacial score (nSPS) is 14.2. The van der Waals surface area contributed by atoms with E-state index >= 15 is 0 Å². The second-order valence-electron chi connectivity index (χ2n) is 6.88. The maximum absolute atomic E-state index is 12.2. The van der Waals surface area contributed by atoms with Crippen molar-refractivity contribution in [2.24, 2.45) is 11.1 Å². The number of carbonyl (C=O) groups excluding carboxylic acids is 1. The first-order valence-electron chi connectivity index (χ1n) is 8.38. The summed E-state index contributed by atoms with van der Waals surface area (Å²) in [5.74, 6) is 2.49. The Morgan fingerprint density at radius 1 is 1.29 bits per heavy atom. The molecule has 0 aliphatic carbocycles. The molecule has 0 radical (unpaired) electrons. The van der Waals surface area contributed by atoms with E-state index in [0.717, 1.165) is 28.6 Å². The van der Waals surface area contributed by atoms with Crippen LogP contribution in [0.2, 0.25) is 0 Å². The van der Waals surface area contributed by atoms with Gasteiger partial charge < -0.3 is 20.1 Å². The molecular formula is C18H28N2O3S. The highest BCUT2D eigenvalue weighted by Crippen LogP contribution is 2.34. The molecule has 1 aliphatic heterocycles. The smallest absolute Gasteiger partial charge is 0.223 e. The maximum Gasteiger partial charge on any atom is 0.223 e. The van der Waals surface area contributed by atoms with E-state index in [1.807, 2.05) is 25.2 Å². The molecule has 0 unspecified atom stereocenters. The lowest BCUT2D eigenvalue weighted by Gasteiger charge is -2.29. The average Bonchev–Trinajstić information content (AvgIpc) is 2.79. The van der Waals surface area contributed by atoms with E-state index in [1.165, 1.54) is 0 Å². The molecule has 0 atom stereocenters. The average molecular weight is 353 g/mol. The number of rotatable bonds is 7. The summed E-state index contributed by atoms with van der Waals surface area (Å²) in [6.07, 6.45) is 1.41. The first-order valence-corrected chi connectivity index (χ1v) is 9.36. The van der Waals surface area contributed by atoms with E-state index in [4.69, 9.17) is 15.2 Å². The Morgan fingerprint density at radius 2 is 2.00 bits per heavy atom. The molecule has 1 aliphatic rings. The van der Waals surface area contributed by atoms with Crippen LogP contribution in [-0.4, -0.2) is 49.9 Å². The molecule has 0 bridgehead atoms. The van der Waals surface area contributed by atoms with Gasteiger partial charge in [0.2, 0.25) is 5.91 Å². The van der Waals surface area contributed by atoms with E-state index < -0.39 is 0 Å². The van der Waals surface area contributed by atoms with Crippen LogP contribution in [0.15, 0.2) is 23.1 Å². The molecule has 1 aromatic carbocycles. The van der Waals surface area contributed by atoms with Crippen LogP contribution in [-0.2, 0) is 4.79 Å². The van der Waals surface area contributed by atoms with Gasteiger partial charge in [-0.3, -0.25) is 4.79 Å². The molecule has 5 nitrogen and oxygen atoms in total. The van der Waals surface area contributed by atoms with E-state index in [2.05, 4.69) is 13.8 Å². The molecule has 2 N–H and O–H groups in total. The first kappa shape index (κ1) is 18.9. The van der Waals surface area contributed by atoms with Crippen molar-refractivity contribution in [1.82, 2.24) is 4.90 Å². The van der Waals surface area contributed by atoms with Gasteiger partial charge in [0.25, 0.3) is 0 Å². The third kappa shape index (κ3) is 5.60. The van der Waals surface area contributed by atoms with Gasteiger partial charge in [0.15, 0.2) is 11.5 Å². The maximum atomic E-state index is 12.2. The fraction of sp³-hybridized carbons (Fsp3) is 0.611. The van der Waals surface area contributed by atoms with Crippen LogP contribution in [0, 0.1) is 5.41 Å². The number of ether oxygens (including phenoxy) is 2. The summed E-state index contributed by atoms with van der Waals surface area (Å²) in [6, 6.07) is 5.96. The van der Waals surface area contributed by atoms with Gasteiger partial charge in [-0.1, -0.05) is 13.8 Å². The van der Waals surface area contributed by atoms with Crippen LogP contribution >= 0.6 is 11.8 Å². The fourth-order valence-electron chi connectivity index (χ4n) is 2.48. The molecule has 0 spiro atoms. The van der Waals surface area contributed by atoms with Crippen molar-refractivity contribution >= 4 is 17.7 Å². The number of hydrogen-bond donors (Lipinski definition) is 1. The van der Waals surface area contributed by atoms with Crippen LogP contribution in [0.4, 0.5) is 0 Å². The highest BCUT2D eigenvalue weighted by Gasteiger charge is 2.21. The van der Waals surface area contributed by atoms with Crippen molar-refractivity contribution in [2.45, 2.75) is 31.6 Å². The molecule has 0 aromatic heterocycles. The molecule has 134 valence electrons. The lowest BCUT2D eigenvalue weighted by Crippen LogP contribution is -2.39. The van der Waals surface area contributed by atoms with E-state index in [1.54, 1.807) is 16.7 Å². The number of benzene rings is 1. The molecule has 0 saturated carbocycles. The third-order valence-corrected chi connectivity index (χ3v) is 4.94. The minimum Gasteiger partial charge on any atom is -0.490 e. The van der Waals surface area contributed by atoms with Crippen molar-refractivity contribution in [3.8, 4) is 11.5 Å². The standard InChI is InChI=1S/C18H28N2O3S/c1-18(2,12-19)13-20(3)17(21)7-10-24-14-5-6-15-16(11-14)23-9-4-8-22-15/h5-6,11H,4,7-10,12-13,19H2,1-3H3. The fourth-order valence-corrected chi connectivity index (χ4v) is 3.34. The molecule has 2 rings (SSSR count). The Morgan fingerprint density at radius 3 is 2.71 bits per heavy atom.